The highest BCUT2D eigenvalue weighted by atomic mass is 32.2. The molecule has 0 amide bonds. The van der Waals surface area contributed by atoms with E-state index in [1.165, 1.54) is 12.1 Å². The molecule has 0 spiro atoms. The van der Waals surface area contributed by atoms with Crippen LogP contribution in [-0.2, 0) is 10.0 Å². The number of nitrogens with one attached hydrogen (secondary N) is 1. The molecule has 5 heteroatoms. The lowest BCUT2D eigenvalue weighted by Gasteiger charge is -2.12. The molecule has 1 N–H and O–H groups in total. The van der Waals surface area contributed by atoms with Crippen molar-refractivity contribution in [3.05, 3.63) is 29.8 Å². The minimum atomic E-state index is -3.74. The van der Waals surface area contributed by atoms with E-state index in [1.807, 2.05) is 6.07 Å². The van der Waals surface area contributed by atoms with Crippen LogP contribution in [0.4, 0.5) is 0 Å². The van der Waals surface area contributed by atoms with Gasteiger partial charge in [0, 0.05) is 0 Å². The summed E-state index contributed by atoms with van der Waals surface area (Å²) in [6.45, 7) is 1.78. The summed E-state index contributed by atoms with van der Waals surface area (Å²) >= 11 is 0. The predicted octanol–water partition coefficient (Wildman–Crippen LogP) is 1.25. The highest BCUT2D eigenvalue weighted by Crippen LogP contribution is 2.14. The molecule has 1 aromatic rings. The summed E-state index contributed by atoms with van der Waals surface area (Å²) in [4.78, 5) is -0.0452. The van der Waals surface area contributed by atoms with Crippen LogP contribution in [0.15, 0.2) is 29.2 Å². The molecular weight excluding hydrogens is 236 g/mol. The van der Waals surface area contributed by atoms with Crippen molar-refractivity contribution < 1.29 is 8.42 Å². The maximum Gasteiger partial charge on any atom is 0.242 e. The topological polar surface area (TPSA) is 70.0 Å². The largest absolute Gasteiger partial charge is 0.242 e. The Hall–Kier alpha value is -1.82. The van der Waals surface area contributed by atoms with E-state index in [9.17, 15) is 8.42 Å². The van der Waals surface area contributed by atoms with Gasteiger partial charge in [-0.15, -0.1) is 6.42 Å². The van der Waals surface area contributed by atoms with Gasteiger partial charge < -0.3 is 0 Å². The molecule has 0 bridgehead atoms. The number of nitrogens with zero attached hydrogens (tertiary/aromatic N) is 1. The summed E-state index contributed by atoms with van der Waals surface area (Å²) < 4.78 is 26.3. The Morgan fingerprint density at radius 2 is 2.12 bits per heavy atom. The van der Waals surface area contributed by atoms with Crippen LogP contribution in [0.1, 0.15) is 18.9 Å². The molecule has 1 atom stereocenters. The van der Waals surface area contributed by atoms with Crippen molar-refractivity contribution in [2.75, 3.05) is 0 Å². The Bertz CT molecular complexity index is 579. The zero-order chi connectivity index (χ0) is 12.9. The van der Waals surface area contributed by atoms with Gasteiger partial charge in [-0.3, -0.25) is 0 Å². The SMILES string of the molecule is C#CC(CC)NS(=O)(=O)c1ccccc1C#N. The maximum absolute atomic E-state index is 12.0. The molecule has 17 heavy (non-hydrogen) atoms. The molecule has 88 valence electrons. The maximum atomic E-state index is 12.0. The van der Waals surface area contributed by atoms with E-state index in [1.54, 1.807) is 19.1 Å². The normalized spacial score (nSPS) is 12.4. The zero-order valence-corrected chi connectivity index (χ0v) is 10.2. The van der Waals surface area contributed by atoms with Crippen LogP contribution < -0.4 is 4.72 Å². The molecule has 1 unspecified atom stereocenters. The average molecular weight is 248 g/mol. The molecule has 4 nitrogen and oxygen atoms in total. The van der Waals surface area contributed by atoms with E-state index in [4.69, 9.17) is 11.7 Å². The van der Waals surface area contributed by atoms with Crippen LogP contribution in [0, 0.1) is 23.7 Å². The predicted molar refractivity (Wildman–Crippen MR) is 64.4 cm³/mol. The molecule has 0 aliphatic rings. The third-order valence-electron chi connectivity index (χ3n) is 2.20. The van der Waals surface area contributed by atoms with Gasteiger partial charge in [0.15, 0.2) is 0 Å². The highest BCUT2D eigenvalue weighted by molar-refractivity contribution is 7.89. The van der Waals surface area contributed by atoms with Crippen LogP contribution in [0.25, 0.3) is 0 Å². The Labute approximate surface area is 101 Å². The lowest BCUT2D eigenvalue weighted by molar-refractivity contribution is 0.570. The third-order valence-corrected chi connectivity index (χ3v) is 3.73. The van der Waals surface area contributed by atoms with E-state index in [0.717, 1.165) is 0 Å². The summed E-state index contributed by atoms with van der Waals surface area (Å²) in [5.74, 6) is 2.34. The fourth-order valence-electron chi connectivity index (χ4n) is 1.28. The fraction of sp³-hybridized carbons (Fsp3) is 0.250. The third kappa shape index (κ3) is 3.07. The number of hydrogen-bond donors (Lipinski definition) is 1. The highest BCUT2D eigenvalue weighted by Gasteiger charge is 2.20. The monoisotopic (exact) mass is 248 g/mol. The van der Waals surface area contributed by atoms with E-state index in [2.05, 4.69) is 10.6 Å². The summed E-state index contributed by atoms with van der Waals surface area (Å²) in [5.41, 5.74) is 0.104. The van der Waals surface area contributed by atoms with Crippen molar-refractivity contribution in [1.29, 1.82) is 5.26 Å². The Morgan fingerprint density at radius 3 is 2.65 bits per heavy atom. The van der Waals surface area contributed by atoms with Crippen molar-refractivity contribution in [2.45, 2.75) is 24.3 Å². The van der Waals surface area contributed by atoms with Gasteiger partial charge in [-0.2, -0.15) is 9.98 Å². The summed E-state index contributed by atoms with van der Waals surface area (Å²) in [6.07, 6.45) is 5.69. The Morgan fingerprint density at radius 1 is 1.47 bits per heavy atom. The Balaban J connectivity index is 3.16. The first-order valence-corrected chi connectivity index (χ1v) is 6.51. The van der Waals surface area contributed by atoms with E-state index < -0.39 is 16.1 Å². The second kappa shape index (κ2) is 5.49. The first kappa shape index (κ1) is 13.2. The molecular formula is C12H12N2O2S. The van der Waals surface area contributed by atoms with E-state index in [-0.39, 0.29) is 10.5 Å². The summed E-state index contributed by atoms with van der Waals surface area (Å²) in [7, 11) is -3.74. The second-order valence-electron chi connectivity index (χ2n) is 3.36. The first-order valence-electron chi connectivity index (χ1n) is 5.02. The fourth-order valence-corrected chi connectivity index (χ4v) is 2.68. The average Bonchev–Trinajstić information content (AvgIpc) is 2.35. The van der Waals surface area contributed by atoms with Crippen LogP contribution in [-0.4, -0.2) is 14.5 Å². The molecule has 0 aromatic heterocycles. The van der Waals surface area contributed by atoms with Gasteiger partial charge in [-0.25, -0.2) is 8.42 Å². The van der Waals surface area contributed by atoms with Gasteiger partial charge in [0.25, 0.3) is 0 Å². The molecule has 0 saturated heterocycles. The quantitative estimate of drug-likeness (QED) is 0.815. The number of benzene rings is 1. The van der Waals surface area contributed by atoms with Gasteiger partial charge >= 0.3 is 0 Å². The smallest absolute Gasteiger partial charge is 0.207 e. The summed E-state index contributed by atoms with van der Waals surface area (Å²) in [5, 5.41) is 8.85. The number of nitriles is 1. The number of rotatable bonds is 4. The van der Waals surface area contributed by atoms with Crippen molar-refractivity contribution in [3.63, 3.8) is 0 Å². The van der Waals surface area contributed by atoms with Gasteiger partial charge in [0.05, 0.1) is 16.5 Å². The molecule has 1 aromatic carbocycles. The van der Waals surface area contributed by atoms with Crippen LogP contribution in [0.5, 0.6) is 0 Å². The van der Waals surface area contributed by atoms with Crippen molar-refractivity contribution in [3.8, 4) is 18.4 Å². The molecule has 0 saturated carbocycles. The second-order valence-corrected chi connectivity index (χ2v) is 5.04. The molecule has 0 radical (unpaired) electrons. The van der Waals surface area contributed by atoms with Crippen molar-refractivity contribution in [1.82, 2.24) is 4.72 Å². The molecule has 0 heterocycles. The standard InChI is InChI=1S/C12H12N2O2S/c1-3-11(4-2)14-17(15,16)12-8-6-5-7-10(12)9-13/h1,5-8,11,14H,4H2,2H3. The lowest BCUT2D eigenvalue weighted by atomic mass is 10.2. The molecule has 0 aliphatic carbocycles. The van der Waals surface area contributed by atoms with Gasteiger partial charge in [-0.1, -0.05) is 25.0 Å². The first-order chi connectivity index (χ1) is 8.05. The number of hydrogen-bond acceptors (Lipinski definition) is 3. The van der Waals surface area contributed by atoms with E-state index >= 15 is 0 Å². The zero-order valence-electron chi connectivity index (χ0n) is 9.34. The number of terminal acetylenes is 1. The molecule has 0 fully saturated rings. The minimum Gasteiger partial charge on any atom is -0.207 e. The molecule has 1 rings (SSSR count). The minimum absolute atomic E-state index is 0.0452. The molecule has 0 aliphatic heterocycles. The van der Waals surface area contributed by atoms with Crippen LogP contribution in [0.3, 0.4) is 0 Å². The lowest BCUT2D eigenvalue weighted by Crippen LogP contribution is -2.33. The van der Waals surface area contributed by atoms with Gasteiger partial charge in [0.2, 0.25) is 10.0 Å². The van der Waals surface area contributed by atoms with Crippen LogP contribution >= 0.6 is 0 Å². The number of sulfonamides is 1. The van der Waals surface area contributed by atoms with Gasteiger partial charge in [-0.05, 0) is 18.6 Å². The summed E-state index contributed by atoms with van der Waals surface area (Å²) in [6, 6.07) is 7.27. The van der Waals surface area contributed by atoms with Crippen molar-refractivity contribution >= 4 is 10.0 Å². The van der Waals surface area contributed by atoms with Crippen molar-refractivity contribution in [2.24, 2.45) is 0 Å². The van der Waals surface area contributed by atoms with E-state index in [0.29, 0.717) is 6.42 Å². The Kier molecular flexibility index (Phi) is 4.28. The van der Waals surface area contributed by atoms with Gasteiger partial charge in [0.1, 0.15) is 6.07 Å². The van der Waals surface area contributed by atoms with Crippen LogP contribution in [0.2, 0.25) is 0 Å².